The number of nitro benzene ring substituents is 1. The van der Waals surface area contributed by atoms with E-state index in [1.165, 1.54) is 31.4 Å². The number of carbonyl (C=O) groups is 1. The van der Waals surface area contributed by atoms with Crippen LogP contribution in [0.4, 0.5) is 5.69 Å². The summed E-state index contributed by atoms with van der Waals surface area (Å²) in [6.45, 7) is 0.0147. The van der Waals surface area contributed by atoms with Crippen LogP contribution in [-0.2, 0) is 21.3 Å². The van der Waals surface area contributed by atoms with E-state index in [0.717, 1.165) is 12.1 Å². The third-order valence-electron chi connectivity index (χ3n) is 3.20. The van der Waals surface area contributed by atoms with Gasteiger partial charge in [-0.2, -0.15) is 0 Å². The fourth-order valence-corrected chi connectivity index (χ4v) is 2.90. The van der Waals surface area contributed by atoms with Gasteiger partial charge in [0, 0.05) is 18.7 Å². The molecule has 0 aliphatic heterocycles. The summed E-state index contributed by atoms with van der Waals surface area (Å²) in [5, 5.41) is 10.6. The van der Waals surface area contributed by atoms with Crippen molar-refractivity contribution >= 4 is 21.7 Å². The van der Waals surface area contributed by atoms with Gasteiger partial charge >= 0.3 is 5.97 Å². The van der Waals surface area contributed by atoms with E-state index in [0.29, 0.717) is 11.1 Å². The van der Waals surface area contributed by atoms with Gasteiger partial charge in [0.2, 0.25) is 10.0 Å². The molecule has 0 amide bonds. The first kappa shape index (κ1) is 17.6. The molecule has 2 aromatic rings. The van der Waals surface area contributed by atoms with Crippen molar-refractivity contribution in [2.75, 3.05) is 7.11 Å². The Hall–Kier alpha value is -2.78. The van der Waals surface area contributed by atoms with Crippen LogP contribution in [0.25, 0.3) is 0 Å². The largest absolute Gasteiger partial charge is 0.465 e. The number of carbonyl (C=O) groups excluding carboxylic acids is 1. The summed E-state index contributed by atoms with van der Waals surface area (Å²) < 4.78 is 31.3. The Morgan fingerprint density at radius 2 is 1.71 bits per heavy atom. The highest BCUT2D eigenvalue weighted by atomic mass is 32.2. The van der Waals surface area contributed by atoms with Crippen molar-refractivity contribution in [1.82, 2.24) is 4.72 Å². The first-order valence-corrected chi connectivity index (χ1v) is 8.23. The van der Waals surface area contributed by atoms with Crippen molar-refractivity contribution in [2.24, 2.45) is 0 Å². The maximum absolute atomic E-state index is 12.2. The summed E-state index contributed by atoms with van der Waals surface area (Å²) in [7, 11) is -2.52. The molecule has 0 saturated carbocycles. The zero-order valence-electron chi connectivity index (χ0n) is 12.6. The SMILES string of the molecule is COC(=O)c1ccc(CNS(=O)(=O)c2ccc([N+](=O)[O-])cc2)cc1. The number of benzene rings is 2. The minimum absolute atomic E-state index is 0.0147. The summed E-state index contributed by atoms with van der Waals surface area (Å²) in [6, 6.07) is 10.8. The molecular weight excluding hydrogens is 336 g/mol. The molecule has 0 bridgehead atoms. The standard InChI is InChI=1S/C15H14N2O6S/c1-23-15(18)12-4-2-11(3-5-12)10-16-24(21,22)14-8-6-13(7-9-14)17(19)20/h2-9,16H,10H2,1H3. The number of rotatable bonds is 6. The molecule has 0 unspecified atom stereocenters. The van der Waals surface area contributed by atoms with Crippen LogP contribution in [0.5, 0.6) is 0 Å². The minimum atomic E-state index is -3.80. The number of hydrogen-bond acceptors (Lipinski definition) is 6. The highest BCUT2D eigenvalue weighted by Gasteiger charge is 2.15. The normalized spacial score (nSPS) is 11.0. The zero-order valence-corrected chi connectivity index (χ0v) is 13.4. The molecule has 9 heteroatoms. The molecule has 126 valence electrons. The summed E-state index contributed by atoms with van der Waals surface area (Å²) >= 11 is 0. The van der Waals surface area contributed by atoms with Gasteiger partial charge in [-0.25, -0.2) is 17.9 Å². The smallest absolute Gasteiger partial charge is 0.337 e. The summed E-state index contributed by atoms with van der Waals surface area (Å²) in [5.41, 5.74) is 0.819. The molecular formula is C15H14N2O6S. The average Bonchev–Trinajstić information content (AvgIpc) is 2.60. The third kappa shape index (κ3) is 4.15. The van der Waals surface area contributed by atoms with E-state index in [4.69, 9.17) is 0 Å². The van der Waals surface area contributed by atoms with Gasteiger partial charge in [-0.3, -0.25) is 10.1 Å². The van der Waals surface area contributed by atoms with Crippen molar-refractivity contribution in [3.8, 4) is 0 Å². The maximum Gasteiger partial charge on any atom is 0.337 e. The van der Waals surface area contributed by atoms with Crippen LogP contribution in [0.1, 0.15) is 15.9 Å². The number of nitrogens with one attached hydrogen (secondary N) is 1. The molecule has 24 heavy (non-hydrogen) atoms. The number of esters is 1. The van der Waals surface area contributed by atoms with Crippen LogP contribution in [0.3, 0.4) is 0 Å². The number of sulfonamides is 1. The summed E-state index contributed by atoms with van der Waals surface area (Å²) in [6.07, 6.45) is 0. The summed E-state index contributed by atoms with van der Waals surface area (Å²) in [5.74, 6) is -0.479. The third-order valence-corrected chi connectivity index (χ3v) is 4.62. The van der Waals surface area contributed by atoms with Crippen LogP contribution < -0.4 is 4.72 Å². The lowest BCUT2D eigenvalue weighted by Gasteiger charge is -2.07. The van der Waals surface area contributed by atoms with Gasteiger partial charge in [0.05, 0.1) is 22.5 Å². The fraction of sp³-hybridized carbons (Fsp3) is 0.133. The molecule has 0 saturated heterocycles. The van der Waals surface area contributed by atoms with Crippen molar-refractivity contribution in [2.45, 2.75) is 11.4 Å². The Balaban J connectivity index is 2.07. The number of methoxy groups -OCH3 is 1. The second-order valence-electron chi connectivity index (χ2n) is 4.76. The lowest BCUT2D eigenvalue weighted by atomic mass is 10.1. The Kier molecular flexibility index (Phi) is 5.27. The molecule has 2 aromatic carbocycles. The van der Waals surface area contributed by atoms with Crippen molar-refractivity contribution < 1.29 is 22.9 Å². The monoisotopic (exact) mass is 350 g/mol. The number of nitrogens with zero attached hydrogens (tertiary/aromatic N) is 1. The van der Waals surface area contributed by atoms with E-state index in [1.54, 1.807) is 12.1 Å². The molecule has 0 atom stereocenters. The number of ether oxygens (including phenoxy) is 1. The van der Waals surface area contributed by atoms with Gasteiger partial charge in [-0.1, -0.05) is 12.1 Å². The van der Waals surface area contributed by atoms with E-state index in [9.17, 15) is 23.3 Å². The van der Waals surface area contributed by atoms with Gasteiger partial charge in [0.1, 0.15) is 0 Å². The van der Waals surface area contributed by atoms with Gasteiger partial charge in [-0.05, 0) is 29.8 Å². The van der Waals surface area contributed by atoms with E-state index in [1.807, 2.05) is 0 Å². The molecule has 0 spiro atoms. The van der Waals surface area contributed by atoms with Gasteiger partial charge in [0.15, 0.2) is 0 Å². The van der Waals surface area contributed by atoms with Gasteiger partial charge in [0.25, 0.3) is 5.69 Å². The zero-order chi connectivity index (χ0) is 17.7. The van der Waals surface area contributed by atoms with Crippen LogP contribution in [0, 0.1) is 10.1 Å². The van der Waals surface area contributed by atoms with Gasteiger partial charge in [-0.15, -0.1) is 0 Å². The number of non-ortho nitro benzene ring substituents is 1. The van der Waals surface area contributed by atoms with Crippen LogP contribution >= 0.6 is 0 Å². The molecule has 0 radical (unpaired) electrons. The van der Waals surface area contributed by atoms with Crippen LogP contribution in [0.15, 0.2) is 53.4 Å². The minimum Gasteiger partial charge on any atom is -0.465 e. The number of nitro groups is 1. The molecule has 0 fully saturated rings. The van der Waals surface area contributed by atoms with E-state index < -0.39 is 20.9 Å². The van der Waals surface area contributed by atoms with Crippen LogP contribution in [0.2, 0.25) is 0 Å². The predicted molar refractivity (Wildman–Crippen MR) is 84.9 cm³/mol. The Bertz CT molecular complexity index is 845. The summed E-state index contributed by atoms with van der Waals surface area (Å²) in [4.78, 5) is 21.2. The van der Waals surface area contributed by atoms with Crippen molar-refractivity contribution in [3.63, 3.8) is 0 Å². The Morgan fingerprint density at radius 3 is 2.21 bits per heavy atom. The fourth-order valence-electron chi connectivity index (χ4n) is 1.89. The topological polar surface area (TPSA) is 116 Å². The number of hydrogen-bond donors (Lipinski definition) is 1. The van der Waals surface area contributed by atoms with E-state index in [2.05, 4.69) is 9.46 Å². The van der Waals surface area contributed by atoms with Gasteiger partial charge < -0.3 is 4.74 Å². The van der Waals surface area contributed by atoms with Crippen molar-refractivity contribution in [3.05, 3.63) is 69.8 Å². The second kappa shape index (κ2) is 7.20. The van der Waals surface area contributed by atoms with Crippen molar-refractivity contribution in [1.29, 1.82) is 0 Å². The molecule has 0 heterocycles. The predicted octanol–water partition coefficient (Wildman–Crippen LogP) is 1.86. The Morgan fingerprint density at radius 1 is 1.12 bits per heavy atom. The lowest BCUT2D eigenvalue weighted by molar-refractivity contribution is -0.384. The quantitative estimate of drug-likeness (QED) is 0.483. The van der Waals surface area contributed by atoms with E-state index >= 15 is 0 Å². The molecule has 8 nitrogen and oxygen atoms in total. The molecule has 0 aliphatic rings. The maximum atomic E-state index is 12.2. The highest BCUT2D eigenvalue weighted by molar-refractivity contribution is 7.89. The molecule has 0 aliphatic carbocycles. The first-order chi connectivity index (χ1) is 11.3. The lowest BCUT2D eigenvalue weighted by Crippen LogP contribution is -2.23. The van der Waals surface area contributed by atoms with Crippen LogP contribution in [-0.4, -0.2) is 26.4 Å². The molecule has 1 N–H and O–H groups in total. The molecule has 0 aromatic heterocycles. The first-order valence-electron chi connectivity index (χ1n) is 6.75. The molecule has 2 rings (SSSR count). The Labute approximate surface area is 138 Å². The highest BCUT2D eigenvalue weighted by Crippen LogP contribution is 2.16. The average molecular weight is 350 g/mol. The second-order valence-corrected chi connectivity index (χ2v) is 6.53. The van der Waals surface area contributed by atoms with E-state index in [-0.39, 0.29) is 17.1 Å².